The number of alkyl halides is 2. The van der Waals surface area contributed by atoms with Crippen LogP contribution in [-0.4, -0.2) is 58.6 Å². The lowest BCUT2D eigenvalue weighted by Crippen LogP contribution is -2.40. The van der Waals surface area contributed by atoms with Crippen LogP contribution in [0.5, 0.6) is 0 Å². The number of hydrogen-bond donors (Lipinski definition) is 2. The molecule has 0 bridgehead atoms. The molecule has 11 heteroatoms. The maximum atomic E-state index is 13.8. The lowest BCUT2D eigenvalue weighted by atomic mass is 9.93. The molecule has 37 heavy (non-hydrogen) atoms. The van der Waals surface area contributed by atoms with Crippen LogP contribution in [0.3, 0.4) is 0 Å². The lowest BCUT2D eigenvalue weighted by molar-refractivity contribution is -0.0222. The molecular weight excluding hydrogens is 496 g/mol. The summed E-state index contributed by atoms with van der Waals surface area (Å²) < 4.78 is 32.6. The molecule has 3 aromatic rings. The Kier molecular flexibility index (Phi) is 6.13. The molecule has 2 saturated heterocycles. The summed E-state index contributed by atoms with van der Waals surface area (Å²) >= 11 is 1.51. The Balaban J connectivity index is 1.28. The first kappa shape index (κ1) is 24.3. The van der Waals surface area contributed by atoms with Crippen LogP contribution in [0, 0.1) is 5.41 Å². The van der Waals surface area contributed by atoms with Crippen molar-refractivity contribution < 1.29 is 13.6 Å². The van der Waals surface area contributed by atoms with Crippen molar-refractivity contribution in [3.05, 3.63) is 42.2 Å². The summed E-state index contributed by atoms with van der Waals surface area (Å²) in [5.41, 5.74) is 3.58. The van der Waals surface area contributed by atoms with Crippen molar-refractivity contribution in [2.24, 2.45) is 5.41 Å². The minimum Gasteiger partial charge on any atom is -0.371 e. The Morgan fingerprint density at radius 1 is 1.00 bits per heavy atom. The highest BCUT2D eigenvalue weighted by Gasteiger charge is 2.44. The number of halogens is 2. The standard InChI is InChI=1S/C26H31F2N7OS/c1-37-32-18-2-3-19(20(16-18)33-11-6-25(4-5-25)7-12-33)23(36)30-21-17-22-29-10-15-35(22)24(31-21)34-13-8-26(27,28)9-14-34/h2-3,10,15-17,32H,4-9,11-14H2,1H3,(H,30,36). The molecule has 8 nitrogen and oxygen atoms in total. The zero-order valence-electron chi connectivity index (χ0n) is 20.8. The fraction of sp³-hybridized carbons (Fsp3) is 0.500. The van der Waals surface area contributed by atoms with Crippen molar-refractivity contribution in [3.8, 4) is 0 Å². The molecule has 0 unspecified atom stereocenters. The van der Waals surface area contributed by atoms with Gasteiger partial charge >= 0.3 is 0 Å². The summed E-state index contributed by atoms with van der Waals surface area (Å²) in [7, 11) is 0. The van der Waals surface area contributed by atoms with E-state index in [4.69, 9.17) is 0 Å². The van der Waals surface area contributed by atoms with Gasteiger partial charge in [0, 0.05) is 69.4 Å². The van der Waals surface area contributed by atoms with Crippen LogP contribution in [0.4, 0.5) is 31.9 Å². The summed E-state index contributed by atoms with van der Waals surface area (Å²) in [4.78, 5) is 26.8. The summed E-state index contributed by atoms with van der Waals surface area (Å²) in [6, 6.07) is 7.51. The van der Waals surface area contributed by atoms with Gasteiger partial charge in [0.1, 0.15) is 11.5 Å². The summed E-state index contributed by atoms with van der Waals surface area (Å²) in [5.74, 6) is -2.05. The average molecular weight is 528 g/mol. The number of rotatable bonds is 6. The predicted molar refractivity (Wildman–Crippen MR) is 144 cm³/mol. The van der Waals surface area contributed by atoms with Gasteiger partial charge in [-0.05, 0) is 49.3 Å². The maximum Gasteiger partial charge on any atom is 0.258 e. The number of nitrogens with one attached hydrogen (secondary N) is 2. The molecule has 2 N–H and O–H groups in total. The van der Waals surface area contributed by atoms with Crippen molar-refractivity contribution in [1.82, 2.24) is 14.4 Å². The third-order valence-electron chi connectivity index (χ3n) is 7.97. The molecule has 0 radical (unpaired) electrons. The topological polar surface area (TPSA) is 77.8 Å². The van der Waals surface area contributed by atoms with Gasteiger partial charge in [0.2, 0.25) is 5.95 Å². The number of piperidine rings is 2. The SMILES string of the molecule is CSNc1ccc(C(=O)Nc2cc3nccn3c(N3CCC(F)(F)CC3)n2)c(N2CCC3(CC2)CC3)c1. The molecule has 1 aromatic carbocycles. The van der Waals surface area contributed by atoms with Crippen LogP contribution in [0.25, 0.3) is 5.65 Å². The van der Waals surface area contributed by atoms with E-state index in [0.717, 1.165) is 37.3 Å². The fourth-order valence-corrected chi connectivity index (χ4v) is 5.84. The molecule has 1 saturated carbocycles. The molecule has 196 valence electrons. The second-order valence-corrected chi connectivity index (χ2v) is 11.0. The molecule has 2 aliphatic heterocycles. The van der Waals surface area contributed by atoms with Gasteiger partial charge in [0.05, 0.1) is 11.3 Å². The maximum absolute atomic E-state index is 13.8. The number of hydrogen-bond acceptors (Lipinski definition) is 7. The largest absolute Gasteiger partial charge is 0.371 e. The van der Waals surface area contributed by atoms with Crippen LogP contribution >= 0.6 is 11.9 Å². The smallest absolute Gasteiger partial charge is 0.258 e. The number of anilines is 4. The number of imidazole rings is 1. The monoisotopic (exact) mass is 527 g/mol. The second-order valence-electron chi connectivity index (χ2n) is 10.4. The van der Waals surface area contributed by atoms with Crippen molar-refractivity contribution in [2.45, 2.75) is 44.4 Å². The van der Waals surface area contributed by atoms with E-state index in [2.05, 4.69) is 24.9 Å². The molecule has 6 rings (SSSR count). The third-order valence-corrected chi connectivity index (χ3v) is 8.41. The first-order valence-corrected chi connectivity index (χ1v) is 14.0. The van der Waals surface area contributed by atoms with Crippen molar-refractivity contribution in [1.29, 1.82) is 0 Å². The summed E-state index contributed by atoms with van der Waals surface area (Å²) in [6.45, 7) is 2.25. The van der Waals surface area contributed by atoms with Crippen LogP contribution in [0.15, 0.2) is 36.7 Å². The number of carbonyl (C=O) groups excluding carboxylic acids is 1. The molecule has 1 aliphatic carbocycles. The number of aromatic nitrogens is 3. The van der Waals surface area contributed by atoms with Gasteiger partial charge in [-0.2, -0.15) is 4.98 Å². The van der Waals surface area contributed by atoms with E-state index in [-0.39, 0.29) is 31.8 Å². The minimum absolute atomic E-state index is 0.190. The lowest BCUT2D eigenvalue weighted by Gasteiger charge is -2.35. The van der Waals surface area contributed by atoms with Crippen molar-refractivity contribution >= 4 is 46.6 Å². The third kappa shape index (κ3) is 4.93. The van der Waals surface area contributed by atoms with E-state index in [1.165, 1.54) is 24.8 Å². The fourth-order valence-electron chi connectivity index (χ4n) is 5.48. The molecule has 4 heterocycles. The van der Waals surface area contributed by atoms with Gasteiger partial charge in [-0.25, -0.2) is 13.8 Å². The summed E-state index contributed by atoms with van der Waals surface area (Å²) in [5, 5.41) is 2.96. The van der Waals surface area contributed by atoms with Crippen LogP contribution < -0.4 is 19.8 Å². The van der Waals surface area contributed by atoms with Crippen molar-refractivity contribution in [3.63, 3.8) is 0 Å². The van der Waals surface area contributed by atoms with E-state index >= 15 is 0 Å². The van der Waals surface area contributed by atoms with Crippen LogP contribution in [0.2, 0.25) is 0 Å². The van der Waals surface area contributed by atoms with E-state index < -0.39 is 5.92 Å². The zero-order valence-corrected chi connectivity index (χ0v) is 21.7. The Bertz CT molecular complexity index is 1310. The van der Waals surface area contributed by atoms with E-state index in [0.29, 0.717) is 28.4 Å². The Labute approximate surface area is 219 Å². The van der Waals surface area contributed by atoms with Crippen molar-refractivity contribution in [2.75, 3.05) is 52.3 Å². The van der Waals surface area contributed by atoms with E-state index in [9.17, 15) is 13.6 Å². The Hall–Kier alpha value is -3.08. The highest BCUT2D eigenvalue weighted by atomic mass is 32.2. The molecular formula is C26H31F2N7OS. The first-order chi connectivity index (χ1) is 17.8. The molecule has 1 amide bonds. The van der Waals surface area contributed by atoms with Gasteiger partial charge in [-0.3, -0.25) is 9.20 Å². The van der Waals surface area contributed by atoms with Crippen LogP contribution in [0.1, 0.15) is 48.9 Å². The number of fused-ring (bicyclic) bond motifs is 1. The molecule has 2 aromatic heterocycles. The normalized spacial score (nSPS) is 20.3. The quantitative estimate of drug-likeness (QED) is 0.422. The van der Waals surface area contributed by atoms with E-state index in [1.54, 1.807) is 22.9 Å². The molecule has 0 atom stereocenters. The zero-order chi connectivity index (χ0) is 25.6. The highest BCUT2D eigenvalue weighted by Crippen LogP contribution is 2.54. The average Bonchev–Trinajstić information content (AvgIpc) is 3.46. The van der Waals surface area contributed by atoms with Gasteiger partial charge in [0.25, 0.3) is 11.8 Å². The van der Waals surface area contributed by atoms with E-state index in [1.807, 2.05) is 29.4 Å². The number of amides is 1. The van der Waals surface area contributed by atoms with Gasteiger partial charge < -0.3 is 19.8 Å². The second kappa shape index (κ2) is 9.34. The Morgan fingerprint density at radius 3 is 2.43 bits per heavy atom. The molecule has 1 spiro atoms. The number of benzene rings is 1. The molecule has 3 fully saturated rings. The van der Waals surface area contributed by atoms with Gasteiger partial charge in [-0.1, -0.05) is 11.9 Å². The van der Waals surface area contributed by atoms with Gasteiger partial charge in [-0.15, -0.1) is 0 Å². The summed E-state index contributed by atoms with van der Waals surface area (Å²) in [6.07, 6.45) is 9.88. The first-order valence-electron chi connectivity index (χ1n) is 12.8. The predicted octanol–water partition coefficient (Wildman–Crippen LogP) is 5.29. The van der Waals surface area contributed by atoms with Gasteiger partial charge in [0.15, 0.2) is 0 Å². The van der Waals surface area contributed by atoms with Crippen LogP contribution in [-0.2, 0) is 0 Å². The minimum atomic E-state index is -2.66. The number of nitrogens with zero attached hydrogens (tertiary/aromatic N) is 5. The number of carbonyl (C=O) groups is 1. The Morgan fingerprint density at radius 2 is 1.73 bits per heavy atom. The highest BCUT2D eigenvalue weighted by molar-refractivity contribution is 7.99. The molecule has 3 aliphatic rings.